The Kier molecular flexibility index (Phi) is 4.72. The van der Waals surface area contributed by atoms with Crippen molar-refractivity contribution in [3.63, 3.8) is 0 Å². The molecule has 0 unspecified atom stereocenters. The molecule has 0 radical (unpaired) electrons. The molecule has 0 spiro atoms. The van der Waals surface area contributed by atoms with E-state index in [4.69, 9.17) is 5.73 Å². The maximum atomic E-state index is 13.5. The normalized spacial score (nSPS) is 12.9. The Hall–Kier alpha value is -3.76. The zero-order valence-corrected chi connectivity index (χ0v) is 15.7. The van der Waals surface area contributed by atoms with Gasteiger partial charge in [-0.05, 0) is 24.6 Å². The number of hydrogen-bond donors (Lipinski definition) is 2. The number of rotatable bonds is 5. The summed E-state index contributed by atoms with van der Waals surface area (Å²) >= 11 is 0. The van der Waals surface area contributed by atoms with Gasteiger partial charge < -0.3 is 11.1 Å². The van der Waals surface area contributed by atoms with E-state index in [1.165, 1.54) is 4.52 Å². The van der Waals surface area contributed by atoms with Crippen LogP contribution >= 0.6 is 0 Å². The number of nitrogens with one attached hydrogen (secondary N) is 1. The summed E-state index contributed by atoms with van der Waals surface area (Å²) in [6, 6.07) is 7.12. The quantitative estimate of drug-likeness (QED) is 0.518. The Morgan fingerprint density at radius 1 is 1.23 bits per heavy atom. The third-order valence-corrected chi connectivity index (χ3v) is 4.60. The predicted octanol–water partition coefficient (Wildman–Crippen LogP) is 3.03. The molecule has 1 atom stereocenters. The van der Waals surface area contributed by atoms with Gasteiger partial charge in [0.15, 0.2) is 11.5 Å². The van der Waals surface area contributed by atoms with Crippen molar-refractivity contribution in [1.29, 1.82) is 0 Å². The van der Waals surface area contributed by atoms with Crippen LogP contribution < -0.4 is 11.1 Å². The number of halogens is 3. The zero-order chi connectivity index (χ0) is 21.5. The molecule has 11 heteroatoms. The molecule has 0 aliphatic carbocycles. The standard InChI is InChI=1S/C19H16F3N7O/c1-2-13(15(23)30)25-18-26-14-6-4-3-5-10(14)17-27-16(28-29(17)18)11-9-24-8-7-12(11)19(20,21)22/h3-9,13H,2H2,1H3,(H2,23,30)(H,25,26)/t13-/m1/s1. The Balaban J connectivity index is 1.97. The number of benzene rings is 1. The molecule has 1 aromatic carbocycles. The van der Waals surface area contributed by atoms with Crippen molar-refractivity contribution >= 4 is 28.4 Å². The molecule has 0 fully saturated rings. The Morgan fingerprint density at radius 2 is 2.00 bits per heavy atom. The molecule has 0 aliphatic rings. The van der Waals surface area contributed by atoms with Gasteiger partial charge in [0.25, 0.3) is 0 Å². The number of nitrogens with zero attached hydrogens (tertiary/aromatic N) is 5. The Labute approximate surface area is 168 Å². The van der Waals surface area contributed by atoms with Crippen LogP contribution in [0, 0.1) is 0 Å². The number of fused-ring (bicyclic) bond motifs is 3. The number of aromatic nitrogens is 5. The van der Waals surface area contributed by atoms with Crippen LogP contribution in [-0.4, -0.2) is 36.5 Å². The van der Waals surface area contributed by atoms with Crippen LogP contribution in [0.3, 0.4) is 0 Å². The molecule has 8 nitrogen and oxygen atoms in total. The lowest BCUT2D eigenvalue weighted by Gasteiger charge is -2.15. The molecule has 3 heterocycles. The number of nitrogens with two attached hydrogens (primary N) is 1. The first-order chi connectivity index (χ1) is 14.3. The van der Waals surface area contributed by atoms with E-state index in [1.54, 1.807) is 31.2 Å². The van der Waals surface area contributed by atoms with E-state index in [2.05, 4.69) is 25.4 Å². The van der Waals surface area contributed by atoms with Gasteiger partial charge in [-0.3, -0.25) is 9.78 Å². The molecule has 0 saturated heterocycles. The molecule has 0 saturated carbocycles. The van der Waals surface area contributed by atoms with Gasteiger partial charge in [0.1, 0.15) is 6.04 Å². The van der Waals surface area contributed by atoms with E-state index in [0.29, 0.717) is 17.3 Å². The van der Waals surface area contributed by atoms with Crippen LogP contribution in [0.15, 0.2) is 42.7 Å². The minimum absolute atomic E-state index is 0.144. The summed E-state index contributed by atoms with van der Waals surface area (Å²) in [5, 5.41) is 7.74. The van der Waals surface area contributed by atoms with E-state index in [1.807, 2.05) is 0 Å². The Morgan fingerprint density at radius 3 is 2.70 bits per heavy atom. The summed E-state index contributed by atoms with van der Waals surface area (Å²) in [6.07, 6.45) is -2.09. The van der Waals surface area contributed by atoms with Crippen LogP contribution in [0.2, 0.25) is 0 Å². The van der Waals surface area contributed by atoms with Crippen molar-refractivity contribution in [1.82, 2.24) is 24.6 Å². The first-order valence-corrected chi connectivity index (χ1v) is 9.02. The maximum absolute atomic E-state index is 13.5. The van der Waals surface area contributed by atoms with E-state index in [0.717, 1.165) is 18.5 Å². The molecule has 0 bridgehead atoms. The molecule has 3 aromatic heterocycles. The fourth-order valence-corrected chi connectivity index (χ4v) is 3.11. The monoisotopic (exact) mass is 415 g/mol. The highest BCUT2D eigenvalue weighted by Crippen LogP contribution is 2.36. The topological polar surface area (TPSA) is 111 Å². The van der Waals surface area contributed by atoms with Crippen molar-refractivity contribution in [2.24, 2.45) is 5.73 Å². The van der Waals surface area contributed by atoms with Crippen LogP contribution in [0.4, 0.5) is 19.1 Å². The maximum Gasteiger partial charge on any atom is 0.417 e. The minimum Gasteiger partial charge on any atom is -0.368 e. The summed E-state index contributed by atoms with van der Waals surface area (Å²) in [5.74, 6) is -0.609. The van der Waals surface area contributed by atoms with Crippen LogP contribution in [0.25, 0.3) is 27.9 Å². The second-order valence-electron chi connectivity index (χ2n) is 6.55. The highest BCUT2D eigenvalue weighted by Gasteiger charge is 2.35. The van der Waals surface area contributed by atoms with Crippen molar-refractivity contribution in [3.8, 4) is 11.4 Å². The largest absolute Gasteiger partial charge is 0.417 e. The fourth-order valence-electron chi connectivity index (χ4n) is 3.11. The zero-order valence-electron chi connectivity index (χ0n) is 15.7. The summed E-state index contributed by atoms with van der Waals surface area (Å²) in [7, 11) is 0. The molecule has 154 valence electrons. The first kappa shape index (κ1) is 19.6. The second kappa shape index (κ2) is 7.25. The number of para-hydroxylation sites is 1. The number of anilines is 1. The molecule has 3 N–H and O–H groups in total. The molecule has 0 aliphatic heterocycles. The van der Waals surface area contributed by atoms with Crippen molar-refractivity contribution in [2.75, 3.05) is 5.32 Å². The number of amides is 1. The smallest absolute Gasteiger partial charge is 0.368 e. The van der Waals surface area contributed by atoms with Gasteiger partial charge in [0.2, 0.25) is 11.9 Å². The molecule has 4 rings (SSSR count). The summed E-state index contributed by atoms with van der Waals surface area (Å²) < 4.78 is 41.7. The number of pyridine rings is 1. The number of carbonyl (C=O) groups excluding carboxylic acids is 1. The van der Waals surface area contributed by atoms with Crippen molar-refractivity contribution in [3.05, 3.63) is 48.3 Å². The average molecular weight is 415 g/mol. The van der Waals surface area contributed by atoms with Crippen LogP contribution in [0.1, 0.15) is 18.9 Å². The van der Waals surface area contributed by atoms with Gasteiger partial charge in [0.05, 0.1) is 16.6 Å². The van der Waals surface area contributed by atoms with Gasteiger partial charge in [-0.2, -0.15) is 17.7 Å². The highest BCUT2D eigenvalue weighted by molar-refractivity contribution is 5.93. The second-order valence-corrected chi connectivity index (χ2v) is 6.55. The first-order valence-electron chi connectivity index (χ1n) is 9.02. The van der Waals surface area contributed by atoms with Gasteiger partial charge in [-0.25, -0.2) is 9.97 Å². The lowest BCUT2D eigenvalue weighted by molar-refractivity contribution is -0.137. The number of hydrogen-bond acceptors (Lipinski definition) is 6. The van der Waals surface area contributed by atoms with Gasteiger partial charge in [0, 0.05) is 17.8 Å². The molecule has 30 heavy (non-hydrogen) atoms. The van der Waals surface area contributed by atoms with E-state index < -0.39 is 23.7 Å². The fraction of sp³-hybridized carbons (Fsp3) is 0.211. The molecule has 1 amide bonds. The third-order valence-electron chi connectivity index (χ3n) is 4.60. The summed E-state index contributed by atoms with van der Waals surface area (Å²) in [6.45, 7) is 1.76. The van der Waals surface area contributed by atoms with Gasteiger partial charge in [-0.1, -0.05) is 19.1 Å². The van der Waals surface area contributed by atoms with E-state index >= 15 is 0 Å². The summed E-state index contributed by atoms with van der Waals surface area (Å²) in [4.78, 5) is 24.3. The number of primary amides is 1. The lowest BCUT2D eigenvalue weighted by atomic mass is 10.1. The molecular formula is C19H16F3N7O. The Bertz CT molecular complexity index is 1250. The molecular weight excluding hydrogens is 399 g/mol. The van der Waals surface area contributed by atoms with Crippen LogP contribution in [0.5, 0.6) is 0 Å². The highest BCUT2D eigenvalue weighted by atomic mass is 19.4. The van der Waals surface area contributed by atoms with Gasteiger partial charge >= 0.3 is 6.18 Å². The molecule has 4 aromatic rings. The van der Waals surface area contributed by atoms with E-state index in [9.17, 15) is 18.0 Å². The summed E-state index contributed by atoms with van der Waals surface area (Å²) in [5.41, 5.74) is 5.07. The van der Waals surface area contributed by atoms with Crippen molar-refractivity contribution in [2.45, 2.75) is 25.6 Å². The van der Waals surface area contributed by atoms with E-state index in [-0.39, 0.29) is 23.0 Å². The SMILES string of the molecule is CC[C@@H](Nc1nc2ccccc2c2nc(-c3cnccc3C(F)(F)F)nn12)C(N)=O. The average Bonchev–Trinajstić information content (AvgIpc) is 3.17. The van der Waals surface area contributed by atoms with Crippen LogP contribution in [-0.2, 0) is 11.0 Å². The van der Waals surface area contributed by atoms with Crippen molar-refractivity contribution < 1.29 is 18.0 Å². The third kappa shape index (κ3) is 3.38. The minimum atomic E-state index is -4.60. The van der Waals surface area contributed by atoms with Gasteiger partial charge in [-0.15, -0.1) is 5.10 Å². The predicted molar refractivity (Wildman–Crippen MR) is 103 cm³/mol. The number of alkyl halides is 3. The number of carbonyl (C=O) groups is 1. The lowest BCUT2D eigenvalue weighted by Crippen LogP contribution is -2.35.